The normalized spacial score (nSPS) is 10.7. The molecule has 0 aliphatic carbocycles. The number of carboxylic acids is 1. The topological polar surface area (TPSA) is 86.0 Å². The molecule has 6 nitrogen and oxygen atoms in total. The number of fused-ring (bicyclic) bond motifs is 1. The Morgan fingerprint density at radius 3 is 2.56 bits per heavy atom. The minimum absolute atomic E-state index is 0.0420. The van der Waals surface area contributed by atoms with E-state index in [0.717, 1.165) is 12.8 Å². The molecule has 1 N–H and O–H groups in total. The first-order valence-corrected chi connectivity index (χ1v) is 8.74. The smallest absolute Gasteiger partial charge is 0.306 e. The molecule has 0 bridgehead atoms. The second-order valence-corrected chi connectivity index (χ2v) is 6.08. The van der Waals surface area contributed by atoms with Crippen molar-refractivity contribution in [1.29, 1.82) is 0 Å². The van der Waals surface area contributed by atoms with Crippen LogP contribution in [-0.2, 0) is 11.2 Å². The lowest BCUT2D eigenvalue weighted by molar-refractivity contribution is -0.137. The molecule has 2 aromatic carbocycles. The number of aliphatic carboxylic acids is 1. The van der Waals surface area contributed by atoms with Gasteiger partial charge < -0.3 is 19.0 Å². The van der Waals surface area contributed by atoms with Crippen LogP contribution in [0.2, 0.25) is 0 Å². The Morgan fingerprint density at radius 2 is 1.85 bits per heavy atom. The molecule has 0 radical (unpaired) electrons. The van der Waals surface area contributed by atoms with Crippen molar-refractivity contribution in [2.45, 2.75) is 26.2 Å². The summed E-state index contributed by atoms with van der Waals surface area (Å²) >= 11 is 0. The molecule has 27 heavy (non-hydrogen) atoms. The van der Waals surface area contributed by atoms with Gasteiger partial charge in [0.1, 0.15) is 23.3 Å². The Bertz CT molecular complexity index is 988. The molecule has 1 aromatic heterocycles. The zero-order valence-electron chi connectivity index (χ0n) is 14.9. The first kappa shape index (κ1) is 18.5. The fraction of sp³-hybridized carbons (Fsp3) is 0.238. The van der Waals surface area contributed by atoms with Crippen LogP contribution >= 0.6 is 0 Å². The molecule has 0 aliphatic rings. The molecule has 0 amide bonds. The third-order valence-corrected chi connectivity index (χ3v) is 3.99. The highest BCUT2D eigenvalue weighted by atomic mass is 16.5. The molecular weight excluding hydrogens is 348 g/mol. The van der Waals surface area contributed by atoms with Crippen LogP contribution in [0.4, 0.5) is 0 Å². The minimum Gasteiger partial charge on any atom is -0.493 e. The minimum atomic E-state index is -0.938. The van der Waals surface area contributed by atoms with Crippen LogP contribution in [0.1, 0.15) is 25.3 Å². The summed E-state index contributed by atoms with van der Waals surface area (Å²) in [4.78, 5) is 23.1. The van der Waals surface area contributed by atoms with Crippen molar-refractivity contribution in [1.82, 2.24) is 0 Å². The summed E-state index contributed by atoms with van der Waals surface area (Å²) in [7, 11) is 0. The summed E-state index contributed by atoms with van der Waals surface area (Å²) in [6.07, 6.45) is 3.23. The van der Waals surface area contributed by atoms with E-state index in [1.807, 2.05) is 24.3 Å². The van der Waals surface area contributed by atoms with Crippen molar-refractivity contribution in [3.05, 3.63) is 64.5 Å². The highest BCUT2D eigenvalue weighted by Gasteiger charge is 2.10. The molecule has 0 saturated carbocycles. The number of hydrogen-bond donors (Lipinski definition) is 1. The first-order chi connectivity index (χ1) is 13.1. The molecule has 3 aromatic rings. The van der Waals surface area contributed by atoms with Gasteiger partial charge in [-0.3, -0.25) is 9.59 Å². The van der Waals surface area contributed by atoms with Gasteiger partial charge in [0.05, 0.1) is 18.4 Å². The molecule has 0 atom stereocenters. The Labute approximate surface area is 156 Å². The van der Waals surface area contributed by atoms with Crippen LogP contribution < -0.4 is 14.9 Å². The molecule has 0 aliphatic heterocycles. The van der Waals surface area contributed by atoms with E-state index < -0.39 is 5.97 Å². The van der Waals surface area contributed by atoms with E-state index in [9.17, 15) is 9.59 Å². The van der Waals surface area contributed by atoms with Gasteiger partial charge >= 0.3 is 5.97 Å². The zero-order valence-corrected chi connectivity index (χ0v) is 14.9. The average Bonchev–Trinajstić information content (AvgIpc) is 2.65. The molecule has 6 heteroatoms. The third-order valence-electron chi connectivity index (χ3n) is 3.99. The van der Waals surface area contributed by atoms with Crippen LogP contribution in [0.25, 0.3) is 11.0 Å². The lowest BCUT2D eigenvalue weighted by Crippen LogP contribution is -2.06. The average molecular weight is 368 g/mol. The molecule has 3 rings (SSSR count). The van der Waals surface area contributed by atoms with Gasteiger partial charge in [-0.15, -0.1) is 0 Å². The molecule has 0 unspecified atom stereocenters. The number of aryl methyl sites for hydroxylation is 1. The van der Waals surface area contributed by atoms with Crippen LogP contribution in [0, 0.1) is 0 Å². The summed E-state index contributed by atoms with van der Waals surface area (Å²) in [5, 5.41) is 9.00. The Kier molecular flexibility index (Phi) is 5.76. The van der Waals surface area contributed by atoms with E-state index >= 15 is 0 Å². The molecule has 1 heterocycles. The number of rotatable bonds is 8. The van der Waals surface area contributed by atoms with Gasteiger partial charge in [0.15, 0.2) is 0 Å². The summed E-state index contributed by atoms with van der Waals surface area (Å²) in [6, 6.07) is 12.3. The molecule has 0 spiro atoms. The predicted octanol–water partition coefficient (Wildman–Crippen LogP) is 4.39. The van der Waals surface area contributed by atoms with Gasteiger partial charge in [0.2, 0.25) is 11.2 Å². The van der Waals surface area contributed by atoms with Gasteiger partial charge in [-0.05, 0) is 36.2 Å². The second-order valence-electron chi connectivity index (χ2n) is 6.08. The number of ether oxygens (including phenoxy) is 2. The zero-order chi connectivity index (χ0) is 19.2. The van der Waals surface area contributed by atoms with E-state index in [1.165, 1.54) is 11.8 Å². The molecule has 0 saturated heterocycles. The van der Waals surface area contributed by atoms with Crippen molar-refractivity contribution in [2.24, 2.45) is 0 Å². The Balaban J connectivity index is 1.78. The van der Waals surface area contributed by atoms with Crippen LogP contribution in [-0.4, -0.2) is 17.7 Å². The van der Waals surface area contributed by atoms with Crippen LogP contribution in [0.3, 0.4) is 0 Å². The van der Waals surface area contributed by atoms with Gasteiger partial charge in [0.25, 0.3) is 0 Å². The fourth-order valence-electron chi connectivity index (χ4n) is 2.65. The molecule has 140 valence electrons. The summed E-state index contributed by atoms with van der Waals surface area (Å²) in [5.74, 6) is 0.166. The number of carbonyl (C=O) groups is 1. The van der Waals surface area contributed by atoms with E-state index in [0.29, 0.717) is 22.5 Å². The fourth-order valence-corrected chi connectivity index (χ4v) is 2.65. The van der Waals surface area contributed by atoms with Gasteiger partial charge in [-0.2, -0.15) is 0 Å². The Morgan fingerprint density at radius 1 is 1.11 bits per heavy atom. The number of benzene rings is 2. The Hall–Kier alpha value is -3.28. The summed E-state index contributed by atoms with van der Waals surface area (Å²) in [5.41, 5.74) is 1.27. The highest BCUT2D eigenvalue weighted by Crippen LogP contribution is 2.24. The lowest BCUT2D eigenvalue weighted by atomic mass is 10.1. The first-order valence-electron chi connectivity index (χ1n) is 8.74. The maximum absolute atomic E-state index is 12.6. The lowest BCUT2D eigenvalue weighted by Gasteiger charge is -2.08. The van der Waals surface area contributed by atoms with Crippen molar-refractivity contribution in [3.63, 3.8) is 0 Å². The summed E-state index contributed by atoms with van der Waals surface area (Å²) in [6.45, 7) is 2.16. The molecule has 0 fully saturated rings. The van der Waals surface area contributed by atoms with Crippen molar-refractivity contribution >= 4 is 16.9 Å². The largest absolute Gasteiger partial charge is 0.493 e. The van der Waals surface area contributed by atoms with Crippen molar-refractivity contribution < 1.29 is 23.8 Å². The van der Waals surface area contributed by atoms with Gasteiger partial charge in [-0.25, -0.2) is 0 Å². The van der Waals surface area contributed by atoms with Crippen LogP contribution in [0.5, 0.6) is 17.2 Å². The van der Waals surface area contributed by atoms with Gasteiger partial charge in [-0.1, -0.05) is 25.5 Å². The van der Waals surface area contributed by atoms with Crippen molar-refractivity contribution in [2.75, 3.05) is 6.61 Å². The van der Waals surface area contributed by atoms with Crippen molar-refractivity contribution in [3.8, 4) is 17.2 Å². The number of carboxylic acid groups (broad SMARTS) is 1. The number of hydrogen-bond acceptors (Lipinski definition) is 5. The molecular formula is C21H20O6. The maximum atomic E-state index is 12.6. The maximum Gasteiger partial charge on any atom is 0.306 e. The third kappa shape index (κ3) is 4.67. The highest BCUT2D eigenvalue weighted by molar-refractivity contribution is 5.79. The van der Waals surface area contributed by atoms with E-state index in [4.69, 9.17) is 19.0 Å². The monoisotopic (exact) mass is 368 g/mol. The summed E-state index contributed by atoms with van der Waals surface area (Å²) < 4.78 is 16.5. The standard InChI is InChI=1S/C21H20O6/c1-2-3-14-4-6-15(7-5-14)27-19-13-26-18-12-16(25-11-10-20(22)23)8-9-17(18)21(19)24/h4-9,12-13H,2-3,10-11H2,1H3,(H,22,23). The van der Waals surface area contributed by atoms with Gasteiger partial charge in [0, 0.05) is 6.07 Å². The van der Waals surface area contributed by atoms with E-state index in [2.05, 4.69) is 6.92 Å². The SMILES string of the molecule is CCCc1ccc(Oc2coc3cc(OCCC(=O)O)ccc3c2=O)cc1. The quantitative estimate of drug-likeness (QED) is 0.634. The van der Waals surface area contributed by atoms with E-state index in [1.54, 1.807) is 18.2 Å². The predicted molar refractivity (Wildman–Crippen MR) is 101 cm³/mol. The van der Waals surface area contributed by atoms with E-state index in [-0.39, 0.29) is 24.2 Å². The van der Waals surface area contributed by atoms with Crippen LogP contribution in [0.15, 0.2) is 57.9 Å². The second kappa shape index (κ2) is 8.40.